The minimum Gasteiger partial charge on any atom is -0.352 e. The van der Waals surface area contributed by atoms with Crippen LogP contribution in [-0.4, -0.2) is 19.0 Å². The molecule has 7 heteroatoms. The van der Waals surface area contributed by atoms with E-state index in [9.17, 15) is 4.79 Å². The SMILES string of the molecule is Cl.NCCCCNC(=O)c1cc(Cl)sc1Cl. The molecular weight excluding hydrogens is 291 g/mol. The smallest absolute Gasteiger partial charge is 0.253 e. The van der Waals surface area contributed by atoms with Crippen LogP contribution in [0.5, 0.6) is 0 Å². The van der Waals surface area contributed by atoms with Gasteiger partial charge in [-0.2, -0.15) is 0 Å². The molecule has 0 aliphatic heterocycles. The monoisotopic (exact) mass is 302 g/mol. The number of rotatable bonds is 5. The van der Waals surface area contributed by atoms with Crippen LogP contribution in [0.4, 0.5) is 0 Å². The first-order valence-corrected chi connectivity index (χ1v) is 6.15. The largest absolute Gasteiger partial charge is 0.352 e. The Bertz CT molecular complexity index is 343. The third kappa shape index (κ3) is 4.89. The number of carbonyl (C=O) groups is 1. The van der Waals surface area contributed by atoms with Gasteiger partial charge in [0.25, 0.3) is 5.91 Å². The van der Waals surface area contributed by atoms with Crippen LogP contribution in [0.3, 0.4) is 0 Å². The van der Waals surface area contributed by atoms with Gasteiger partial charge in [0.05, 0.1) is 9.90 Å². The number of nitrogens with one attached hydrogen (secondary N) is 1. The molecule has 3 nitrogen and oxygen atoms in total. The summed E-state index contributed by atoms with van der Waals surface area (Å²) in [6.07, 6.45) is 1.77. The molecule has 0 fully saturated rings. The number of amides is 1. The summed E-state index contributed by atoms with van der Waals surface area (Å²) in [4.78, 5) is 11.6. The third-order valence-electron chi connectivity index (χ3n) is 1.82. The molecule has 16 heavy (non-hydrogen) atoms. The van der Waals surface area contributed by atoms with E-state index >= 15 is 0 Å². The van der Waals surface area contributed by atoms with Crippen LogP contribution in [0.15, 0.2) is 6.07 Å². The fourth-order valence-corrected chi connectivity index (χ4v) is 2.52. The van der Waals surface area contributed by atoms with Gasteiger partial charge in [-0.05, 0) is 25.5 Å². The molecule has 1 amide bonds. The zero-order valence-electron chi connectivity index (χ0n) is 8.46. The summed E-state index contributed by atoms with van der Waals surface area (Å²) in [5.41, 5.74) is 5.78. The van der Waals surface area contributed by atoms with E-state index in [0.29, 0.717) is 27.3 Å². The Morgan fingerprint density at radius 3 is 2.62 bits per heavy atom. The summed E-state index contributed by atoms with van der Waals surface area (Å²) in [6, 6.07) is 1.58. The highest BCUT2D eigenvalue weighted by Gasteiger charge is 2.13. The minimum atomic E-state index is -0.180. The maximum absolute atomic E-state index is 11.6. The highest BCUT2D eigenvalue weighted by Crippen LogP contribution is 2.30. The van der Waals surface area contributed by atoms with Crippen LogP contribution < -0.4 is 11.1 Å². The fraction of sp³-hybridized carbons (Fsp3) is 0.444. The molecule has 1 heterocycles. The van der Waals surface area contributed by atoms with Crippen molar-refractivity contribution in [2.75, 3.05) is 13.1 Å². The summed E-state index contributed by atoms with van der Waals surface area (Å²) in [5, 5.41) is 2.76. The molecule has 0 aromatic carbocycles. The number of hydrogen-bond acceptors (Lipinski definition) is 3. The normalized spacial score (nSPS) is 9.69. The predicted octanol–water partition coefficient (Wildman–Crippen LogP) is 2.95. The first-order chi connectivity index (χ1) is 7.15. The van der Waals surface area contributed by atoms with Crippen LogP contribution >= 0.6 is 46.9 Å². The number of halogens is 3. The third-order valence-corrected chi connectivity index (χ3v) is 3.31. The first-order valence-electron chi connectivity index (χ1n) is 4.58. The van der Waals surface area contributed by atoms with E-state index in [0.717, 1.165) is 12.8 Å². The van der Waals surface area contributed by atoms with Gasteiger partial charge < -0.3 is 11.1 Å². The van der Waals surface area contributed by atoms with Crippen molar-refractivity contribution in [2.24, 2.45) is 5.73 Å². The van der Waals surface area contributed by atoms with Crippen molar-refractivity contribution in [3.05, 3.63) is 20.3 Å². The van der Waals surface area contributed by atoms with Gasteiger partial charge in [0.2, 0.25) is 0 Å². The first kappa shape index (κ1) is 16.0. The van der Waals surface area contributed by atoms with E-state index in [1.165, 1.54) is 11.3 Å². The lowest BCUT2D eigenvalue weighted by Gasteiger charge is -2.02. The molecule has 1 aromatic rings. The molecular formula is C9H13Cl3N2OS. The maximum Gasteiger partial charge on any atom is 0.253 e. The quantitative estimate of drug-likeness (QED) is 0.822. The summed E-state index contributed by atoms with van der Waals surface area (Å²) in [6.45, 7) is 1.25. The van der Waals surface area contributed by atoms with Crippen molar-refractivity contribution in [1.29, 1.82) is 0 Å². The van der Waals surface area contributed by atoms with E-state index in [4.69, 9.17) is 28.9 Å². The Balaban J connectivity index is 0.00000225. The Hall–Kier alpha value is -0.0000000000000000555. The zero-order chi connectivity index (χ0) is 11.3. The number of nitrogens with two attached hydrogens (primary N) is 1. The summed E-state index contributed by atoms with van der Waals surface area (Å²) < 4.78 is 0.948. The molecule has 0 atom stereocenters. The van der Waals surface area contributed by atoms with Crippen LogP contribution in [0.25, 0.3) is 0 Å². The predicted molar refractivity (Wildman–Crippen MR) is 72.2 cm³/mol. The molecule has 0 saturated heterocycles. The van der Waals surface area contributed by atoms with Crippen molar-refractivity contribution in [2.45, 2.75) is 12.8 Å². The van der Waals surface area contributed by atoms with Crippen molar-refractivity contribution in [3.63, 3.8) is 0 Å². The molecule has 0 spiro atoms. The van der Waals surface area contributed by atoms with E-state index < -0.39 is 0 Å². The lowest BCUT2D eigenvalue weighted by molar-refractivity contribution is 0.0953. The van der Waals surface area contributed by atoms with Crippen molar-refractivity contribution in [1.82, 2.24) is 5.32 Å². The summed E-state index contributed by atoms with van der Waals surface area (Å²) in [7, 11) is 0. The fourth-order valence-electron chi connectivity index (χ4n) is 1.06. The standard InChI is InChI=1S/C9H12Cl2N2OS.ClH/c10-7-5-6(8(11)15-7)9(14)13-4-2-1-3-12;/h5H,1-4,12H2,(H,13,14);1H. The Morgan fingerprint density at radius 2 is 2.12 bits per heavy atom. The van der Waals surface area contributed by atoms with E-state index in [-0.39, 0.29) is 18.3 Å². The van der Waals surface area contributed by atoms with Crippen molar-refractivity contribution < 1.29 is 4.79 Å². The topological polar surface area (TPSA) is 55.1 Å². The van der Waals surface area contributed by atoms with E-state index in [1.807, 2.05) is 0 Å². The van der Waals surface area contributed by atoms with E-state index in [1.54, 1.807) is 6.07 Å². The second-order valence-electron chi connectivity index (χ2n) is 2.99. The molecule has 3 N–H and O–H groups in total. The molecule has 0 aliphatic rings. The van der Waals surface area contributed by atoms with Crippen LogP contribution in [0.1, 0.15) is 23.2 Å². The Morgan fingerprint density at radius 1 is 1.44 bits per heavy atom. The molecule has 0 aliphatic carbocycles. The number of thiophene rings is 1. The Labute approximate surface area is 115 Å². The van der Waals surface area contributed by atoms with Gasteiger partial charge in [-0.25, -0.2) is 0 Å². The maximum atomic E-state index is 11.6. The molecule has 0 bridgehead atoms. The minimum absolute atomic E-state index is 0. The lowest BCUT2D eigenvalue weighted by atomic mass is 10.3. The second kappa shape index (κ2) is 8.14. The van der Waals surface area contributed by atoms with Gasteiger partial charge in [0, 0.05) is 6.54 Å². The van der Waals surface area contributed by atoms with Gasteiger partial charge >= 0.3 is 0 Å². The van der Waals surface area contributed by atoms with Gasteiger partial charge in [-0.3, -0.25) is 4.79 Å². The van der Waals surface area contributed by atoms with E-state index in [2.05, 4.69) is 5.32 Å². The van der Waals surface area contributed by atoms with Crippen LogP contribution in [0, 0.1) is 0 Å². The molecule has 0 saturated carbocycles. The molecule has 92 valence electrons. The molecule has 0 unspecified atom stereocenters. The molecule has 1 aromatic heterocycles. The van der Waals surface area contributed by atoms with Gasteiger partial charge in [-0.1, -0.05) is 23.2 Å². The molecule has 0 radical (unpaired) electrons. The van der Waals surface area contributed by atoms with Crippen LogP contribution in [-0.2, 0) is 0 Å². The Kier molecular flexibility index (Phi) is 8.14. The van der Waals surface area contributed by atoms with Gasteiger partial charge in [0.15, 0.2) is 0 Å². The zero-order valence-corrected chi connectivity index (χ0v) is 11.6. The average Bonchev–Trinajstić information content (AvgIpc) is 2.52. The van der Waals surface area contributed by atoms with Crippen LogP contribution in [0.2, 0.25) is 8.67 Å². The second-order valence-corrected chi connectivity index (χ2v) is 5.28. The van der Waals surface area contributed by atoms with Gasteiger partial charge in [-0.15, -0.1) is 23.7 Å². The van der Waals surface area contributed by atoms with Gasteiger partial charge in [0.1, 0.15) is 4.34 Å². The lowest BCUT2D eigenvalue weighted by Crippen LogP contribution is -2.24. The number of hydrogen-bond donors (Lipinski definition) is 2. The number of carbonyl (C=O) groups excluding carboxylic acids is 1. The average molecular weight is 304 g/mol. The summed E-state index contributed by atoms with van der Waals surface area (Å²) >= 11 is 12.8. The van der Waals surface area contributed by atoms with Crippen molar-refractivity contribution in [3.8, 4) is 0 Å². The van der Waals surface area contributed by atoms with Crippen molar-refractivity contribution >= 4 is 52.9 Å². The number of unbranched alkanes of at least 4 members (excludes halogenated alkanes) is 1. The summed E-state index contributed by atoms with van der Waals surface area (Å²) in [5.74, 6) is -0.180. The molecule has 1 rings (SSSR count). The highest BCUT2D eigenvalue weighted by molar-refractivity contribution is 7.20. The highest BCUT2D eigenvalue weighted by atomic mass is 35.5.